The molecule has 0 bridgehead atoms. The van der Waals surface area contributed by atoms with Gasteiger partial charge in [0.2, 0.25) is 0 Å². The Morgan fingerprint density at radius 1 is 1.12 bits per heavy atom. The van der Waals surface area contributed by atoms with Gasteiger partial charge in [0.25, 0.3) is 0 Å². The van der Waals surface area contributed by atoms with Gasteiger partial charge in [-0.1, -0.05) is 31.0 Å². The lowest BCUT2D eigenvalue weighted by molar-refractivity contribution is 0.528. The lowest BCUT2D eigenvalue weighted by Crippen LogP contribution is -2.27. The minimum atomic E-state index is 0.797. The molecule has 0 saturated heterocycles. The zero-order chi connectivity index (χ0) is 11.5. The van der Waals surface area contributed by atoms with E-state index in [1.165, 1.54) is 48.8 Å². The zero-order valence-corrected chi connectivity index (χ0v) is 10.5. The van der Waals surface area contributed by atoms with Crippen LogP contribution in [0.25, 0.3) is 0 Å². The fourth-order valence-electron chi connectivity index (χ4n) is 3.05. The maximum Gasteiger partial charge on any atom is 0.0212 e. The molecule has 2 heteroatoms. The Labute approximate surface area is 104 Å². The molecule has 1 aromatic rings. The molecule has 1 aromatic carbocycles. The first-order chi connectivity index (χ1) is 8.42. The van der Waals surface area contributed by atoms with Gasteiger partial charge in [-0.05, 0) is 42.5 Å². The predicted molar refractivity (Wildman–Crippen MR) is 70.9 cm³/mol. The number of fused-ring (bicyclic) bond motifs is 1. The third-order valence-electron chi connectivity index (χ3n) is 4.10. The van der Waals surface area contributed by atoms with E-state index < -0.39 is 0 Å². The molecule has 0 radical (unpaired) electrons. The van der Waals surface area contributed by atoms with E-state index in [2.05, 4.69) is 28.8 Å². The first kappa shape index (κ1) is 11.2. The largest absolute Gasteiger partial charge is 0.314 e. The van der Waals surface area contributed by atoms with Crippen LogP contribution in [0.4, 0.5) is 0 Å². The summed E-state index contributed by atoms with van der Waals surface area (Å²) in [7, 11) is 0. The standard InChI is InChI=1S/C15H22N2/c1-2-4-15(3-1)17-8-7-12-5-6-13-10-16-11-14(13)9-12/h5-6,9,15-17H,1-4,7-8,10-11H2. The van der Waals surface area contributed by atoms with Crippen molar-refractivity contribution in [3.8, 4) is 0 Å². The van der Waals surface area contributed by atoms with Gasteiger partial charge in [0.15, 0.2) is 0 Å². The molecule has 1 aliphatic carbocycles. The molecule has 2 nitrogen and oxygen atoms in total. The lowest BCUT2D eigenvalue weighted by Gasteiger charge is -2.11. The summed E-state index contributed by atoms with van der Waals surface area (Å²) < 4.78 is 0. The SMILES string of the molecule is c1cc2c(cc1CCNC1CCCC1)CNC2. The topological polar surface area (TPSA) is 24.1 Å². The van der Waals surface area contributed by atoms with E-state index in [4.69, 9.17) is 0 Å². The van der Waals surface area contributed by atoms with Gasteiger partial charge in [0, 0.05) is 19.1 Å². The van der Waals surface area contributed by atoms with Crippen molar-refractivity contribution in [3.05, 3.63) is 34.9 Å². The molecule has 92 valence electrons. The van der Waals surface area contributed by atoms with E-state index in [9.17, 15) is 0 Å². The summed E-state index contributed by atoms with van der Waals surface area (Å²) in [5, 5.41) is 7.08. The van der Waals surface area contributed by atoms with Gasteiger partial charge in [-0.15, -0.1) is 0 Å². The fraction of sp³-hybridized carbons (Fsp3) is 0.600. The summed E-state index contributed by atoms with van der Waals surface area (Å²) in [6, 6.07) is 7.76. The Hall–Kier alpha value is -0.860. The molecule has 1 saturated carbocycles. The molecule has 0 amide bonds. The van der Waals surface area contributed by atoms with Gasteiger partial charge in [0.1, 0.15) is 0 Å². The van der Waals surface area contributed by atoms with Crippen LogP contribution in [0.1, 0.15) is 42.4 Å². The van der Waals surface area contributed by atoms with E-state index in [0.717, 1.165) is 25.7 Å². The predicted octanol–water partition coefficient (Wildman–Crippen LogP) is 2.36. The van der Waals surface area contributed by atoms with Crippen LogP contribution in [0.15, 0.2) is 18.2 Å². The van der Waals surface area contributed by atoms with Gasteiger partial charge in [-0.3, -0.25) is 0 Å². The molecule has 17 heavy (non-hydrogen) atoms. The van der Waals surface area contributed by atoms with Crippen molar-refractivity contribution in [2.75, 3.05) is 6.54 Å². The zero-order valence-electron chi connectivity index (χ0n) is 10.5. The van der Waals surface area contributed by atoms with Crippen molar-refractivity contribution in [1.82, 2.24) is 10.6 Å². The third-order valence-corrected chi connectivity index (χ3v) is 4.10. The summed E-state index contributed by atoms with van der Waals surface area (Å²) >= 11 is 0. The van der Waals surface area contributed by atoms with Gasteiger partial charge in [-0.25, -0.2) is 0 Å². The van der Waals surface area contributed by atoms with Crippen LogP contribution in [0.3, 0.4) is 0 Å². The maximum atomic E-state index is 3.68. The third kappa shape index (κ3) is 2.70. The molecular weight excluding hydrogens is 208 g/mol. The summed E-state index contributed by atoms with van der Waals surface area (Å²) in [5.74, 6) is 0. The van der Waals surface area contributed by atoms with Gasteiger partial charge < -0.3 is 10.6 Å². The number of rotatable bonds is 4. The molecule has 0 aromatic heterocycles. The first-order valence-electron chi connectivity index (χ1n) is 6.96. The van der Waals surface area contributed by atoms with Crippen LogP contribution >= 0.6 is 0 Å². The minimum absolute atomic E-state index is 0.797. The highest BCUT2D eigenvalue weighted by molar-refractivity contribution is 5.34. The van der Waals surface area contributed by atoms with Crippen LogP contribution in [0, 0.1) is 0 Å². The van der Waals surface area contributed by atoms with Crippen LogP contribution < -0.4 is 10.6 Å². The van der Waals surface area contributed by atoms with E-state index in [1.807, 2.05) is 0 Å². The highest BCUT2D eigenvalue weighted by Crippen LogP contribution is 2.19. The quantitative estimate of drug-likeness (QED) is 0.830. The van der Waals surface area contributed by atoms with Crippen molar-refractivity contribution in [3.63, 3.8) is 0 Å². The van der Waals surface area contributed by atoms with Crippen LogP contribution in [-0.2, 0) is 19.5 Å². The number of hydrogen-bond donors (Lipinski definition) is 2. The Balaban J connectivity index is 1.51. The van der Waals surface area contributed by atoms with Gasteiger partial charge in [0.05, 0.1) is 0 Å². The second-order valence-corrected chi connectivity index (χ2v) is 5.39. The van der Waals surface area contributed by atoms with Crippen molar-refractivity contribution in [2.45, 2.75) is 51.2 Å². The van der Waals surface area contributed by atoms with Crippen LogP contribution in [0.5, 0.6) is 0 Å². The van der Waals surface area contributed by atoms with Crippen molar-refractivity contribution in [1.29, 1.82) is 0 Å². The Morgan fingerprint density at radius 3 is 2.82 bits per heavy atom. The molecule has 0 unspecified atom stereocenters. The molecular formula is C15H22N2. The first-order valence-corrected chi connectivity index (χ1v) is 6.96. The molecule has 1 fully saturated rings. The molecule has 0 atom stereocenters. The molecule has 0 spiro atoms. The van der Waals surface area contributed by atoms with E-state index >= 15 is 0 Å². The number of benzene rings is 1. The highest BCUT2D eigenvalue weighted by Gasteiger charge is 2.14. The van der Waals surface area contributed by atoms with Crippen molar-refractivity contribution in [2.24, 2.45) is 0 Å². The molecule has 3 rings (SSSR count). The minimum Gasteiger partial charge on any atom is -0.314 e. The van der Waals surface area contributed by atoms with E-state index in [-0.39, 0.29) is 0 Å². The Bertz CT molecular complexity index is 381. The Morgan fingerprint density at radius 2 is 1.94 bits per heavy atom. The normalized spacial score (nSPS) is 19.8. The summed E-state index contributed by atoms with van der Waals surface area (Å²) in [6.07, 6.45) is 6.77. The molecule has 2 aliphatic rings. The summed E-state index contributed by atoms with van der Waals surface area (Å²) in [5.41, 5.74) is 4.47. The number of nitrogens with one attached hydrogen (secondary N) is 2. The second kappa shape index (κ2) is 5.19. The monoisotopic (exact) mass is 230 g/mol. The molecule has 2 N–H and O–H groups in total. The van der Waals surface area contributed by atoms with Gasteiger partial charge >= 0.3 is 0 Å². The summed E-state index contributed by atoms with van der Waals surface area (Å²) in [6.45, 7) is 3.24. The van der Waals surface area contributed by atoms with Crippen molar-refractivity contribution < 1.29 is 0 Å². The lowest BCUT2D eigenvalue weighted by atomic mass is 10.0. The van der Waals surface area contributed by atoms with Crippen LogP contribution in [-0.4, -0.2) is 12.6 Å². The maximum absolute atomic E-state index is 3.68. The van der Waals surface area contributed by atoms with Crippen molar-refractivity contribution >= 4 is 0 Å². The molecule has 1 aliphatic heterocycles. The highest BCUT2D eigenvalue weighted by atomic mass is 14.9. The summed E-state index contributed by atoms with van der Waals surface area (Å²) in [4.78, 5) is 0. The second-order valence-electron chi connectivity index (χ2n) is 5.39. The van der Waals surface area contributed by atoms with Crippen LogP contribution in [0.2, 0.25) is 0 Å². The Kier molecular flexibility index (Phi) is 3.44. The fourth-order valence-corrected chi connectivity index (χ4v) is 3.05. The number of hydrogen-bond acceptors (Lipinski definition) is 2. The average Bonchev–Trinajstić information content (AvgIpc) is 2.98. The smallest absolute Gasteiger partial charge is 0.0212 e. The van der Waals surface area contributed by atoms with Gasteiger partial charge in [-0.2, -0.15) is 0 Å². The average molecular weight is 230 g/mol. The molecule has 1 heterocycles. The van der Waals surface area contributed by atoms with E-state index in [1.54, 1.807) is 0 Å². The van der Waals surface area contributed by atoms with E-state index in [0.29, 0.717) is 0 Å².